The van der Waals surface area contributed by atoms with Gasteiger partial charge in [0.2, 0.25) is 0 Å². The van der Waals surface area contributed by atoms with Gasteiger partial charge in [0.05, 0.1) is 5.71 Å². The van der Waals surface area contributed by atoms with E-state index in [0.717, 1.165) is 11.6 Å². The second kappa shape index (κ2) is 5.20. The Morgan fingerprint density at radius 1 is 1.05 bits per heavy atom. The molecule has 2 heterocycles. The van der Waals surface area contributed by atoms with E-state index < -0.39 is 11.9 Å². The van der Waals surface area contributed by atoms with Crippen molar-refractivity contribution in [3.8, 4) is 0 Å². The van der Waals surface area contributed by atoms with Crippen molar-refractivity contribution in [2.24, 2.45) is 5.10 Å². The second-order valence-corrected chi connectivity index (χ2v) is 4.75. The maximum atomic E-state index is 12.5. The van der Waals surface area contributed by atoms with Crippen molar-refractivity contribution in [3.05, 3.63) is 65.5 Å². The van der Waals surface area contributed by atoms with Crippen molar-refractivity contribution in [2.75, 3.05) is 6.54 Å². The molecule has 108 valence electrons. The van der Waals surface area contributed by atoms with Gasteiger partial charge in [-0.1, -0.05) is 30.3 Å². The molecule has 1 aliphatic heterocycles. The lowest BCUT2D eigenvalue weighted by Gasteiger charge is -2.13. The van der Waals surface area contributed by atoms with Gasteiger partial charge in [-0.05, 0) is 17.7 Å². The molecule has 0 saturated carbocycles. The van der Waals surface area contributed by atoms with E-state index in [0.29, 0.717) is 17.8 Å². The van der Waals surface area contributed by atoms with E-state index in [1.807, 2.05) is 30.3 Å². The lowest BCUT2D eigenvalue weighted by atomic mass is 9.91. The number of hydrogen-bond donors (Lipinski definition) is 1. The van der Waals surface area contributed by atoms with Crippen molar-refractivity contribution in [3.63, 3.8) is 0 Å². The van der Waals surface area contributed by atoms with Gasteiger partial charge in [-0.3, -0.25) is 4.98 Å². The fraction of sp³-hybridized carbons (Fsp3) is 0.200. The zero-order valence-electron chi connectivity index (χ0n) is 10.9. The molecule has 1 aliphatic rings. The summed E-state index contributed by atoms with van der Waals surface area (Å²) >= 11 is 0. The van der Waals surface area contributed by atoms with Crippen molar-refractivity contribution in [2.45, 2.75) is 12.1 Å². The maximum Gasteiger partial charge on any atom is 0.433 e. The number of aromatic nitrogens is 1. The van der Waals surface area contributed by atoms with Gasteiger partial charge in [-0.25, -0.2) is 0 Å². The summed E-state index contributed by atoms with van der Waals surface area (Å²) < 4.78 is 37.6. The molecule has 3 nitrogen and oxygen atoms in total. The largest absolute Gasteiger partial charge is 0.433 e. The fourth-order valence-electron chi connectivity index (χ4n) is 2.34. The summed E-state index contributed by atoms with van der Waals surface area (Å²) in [7, 11) is 0. The van der Waals surface area contributed by atoms with Crippen LogP contribution >= 0.6 is 0 Å². The van der Waals surface area contributed by atoms with E-state index in [2.05, 4.69) is 15.5 Å². The van der Waals surface area contributed by atoms with Crippen LogP contribution in [0.15, 0.2) is 53.8 Å². The molecule has 1 atom stereocenters. The summed E-state index contributed by atoms with van der Waals surface area (Å²) in [6.45, 7) is 0.625. The predicted octanol–water partition coefficient (Wildman–Crippen LogP) is 3.19. The average Bonchev–Trinajstić information content (AvgIpc) is 2.97. The van der Waals surface area contributed by atoms with Gasteiger partial charge in [0.15, 0.2) is 0 Å². The number of rotatable bonds is 2. The highest BCUT2D eigenvalue weighted by Crippen LogP contribution is 2.29. The standard InChI is InChI=1S/C15H12F3N3/c16-15(17,18)13-7-6-11(8-19-13)14-12(9-20-21-14)10-4-2-1-3-5-10/h1-8,12,20H,9H2. The van der Waals surface area contributed by atoms with Crippen molar-refractivity contribution >= 4 is 5.71 Å². The zero-order chi connectivity index (χ0) is 14.9. The SMILES string of the molecule is FC(F)(F)c1ccc(C2=NNCC2c2ccccc2)cn1. The number of hydrazone groups is 1. The highest BCUT2D eigenvalue weighted by atomic mass is 19.4. The molecule has 0 aliphatic carbocycles. The first kappa shape index (κ1) is 13.6. The van der Waals surface area contributed by atoms with Crippen LogP contribution in [0.3, 0.4) is 0 Å². The third-order valence-corrected chi connectivity index (χ3v) is 3.38. The van der Waals surface area contributed by atoms with E-state index in [1.54, 1.807) is 0 Å². The van der Waals surface area contributed by atoms with Gasteiger partial charge in [0.1, 0.15) is 5.69 Å². The number of alkyl halides is 3. The molecule has 1 unspecified atom stereocenters. The first-order valence-electron chi connectivity index (χ1n) is 6.45. The molecule has 0 bridgehead atoms. The van der Waals surface area contributed by atoms with Gasteiger partial charge < -0.3 is 5.43 Å². The van der Waals surface area contributed by atoms with E-state index in [9.17, 15) is 13.2 Å². The third-order valence-electron chi connectivity index (χ3n) is 3.38. The maximum absolute atomic E-state index is 12.5. The summed E-state index contributed by atoms with van der Waals surface area (Å²) in [6, 6.07) is 12.1. The normalized spacial score (nSPS) is 18.2. The number of nitrogens with one attached hydrogen (secondary N) is 1. The van der Waals surface area contributed by atoms with Gasteiger partial charge in [0.25, 0.3) is 0 Å². The number of hydrogen-bond acceptors (Lipinski definition) is 3. The molecule has 0 saturated heterocycles. The van der Waals surface area contributed by atoms with Gasteiger partial charge in [0, 0.05) is 24.2 Å². The Balaban J connectivity index is 1.89. The molecule has 0 radical (unpaired) electrons. The lowest BCUT2D eigenvalue weighted by molar-refractivity contribution is -0.141. The van der Waals surface area contributed by atoms with E-state index >= 15 is 0 Å². The molecule has 3 rings (SSSR count). The van der Waals surface area contributed by atoms with Crippen LogP contribution in [0.25, 0.3) is 0 Å². The average molecular weight is 291 g/mol. The minimum Gasteiger partial charge on any atom is -0.309 e. The first-order chi connectivity index (χ1) is 10.1. The molecule has 21 heavy (non-hydrogen) atoms. The minimum atomic E-state index is -4.42. The van der Waals surface area contributed by atoms with Crippen LogP contribution in [0.5, 0.6) is 0 Å². The second-order valence-electron chi connectivity index (χ2n) is 4.75. The highest BCUT2D eigenvalue weighted by molar-refractivity contribution is 6.05. The highest BCUT2D eigenvalue weighted by Gasteiger charge is 2.32. The number of halogens is 3. The summed E-state index contributed by atoms with van der Waals surface area (Å²) in [6.07, 6.45) is -3.20. The van der Waals surface area contributed by atoms with E-state index in [-0.39, 0.29) is 5.92 Å². The Morgan fingerprint density at radius 2 is 1.81 bits per heavy atom. The van der Waals surface area contributed by atoms with Crippen LogP contribution in [0.2, 0.25) is 0 Å². The van der Waals surface area contributed by atoms with Crippen LogP contribution in [0, 0.1) is 0 Å². The molecular weight excluding hydrogens is 279 g/mol. The molecular formula is C15H12F3N3. The first-order valence-corrected chi connectivity index (χ1v) is 6.45. The molecule has 1 aromatic carbocycles. The summed E-state index contributed by atoms with van der Waals surface area (Å²) in [5.41, 5.74) is 4.39. The van der Waals surface area contributed by atoms with Crippen molar-refractivity contribution < 1.29 is 13.2 Å². The molecule has 1 aromatic heterocycles. The van der Waals surface area contributed by atoms with Gasteiger partial charge in [-0.15, -0.1) is 0 Å². The van der Waals surface area contributed by atoms with Crippen LogP contribution < -0.4 is 5.43 Å². The fourth-order valence-corrected chi connectivity index (χ4v) is 2.34. The van der Waals surface area contributed by atoms with Crippen molar-refractivity contribution in [1.29, 1.82) is 0 Å². The molecule has 0 spiro atoms. The Kier molecular flexibility index (Phi) is 3.37. The Bertz CT molecular complexity index is 648. The molecule has 0 fully saturated rings. The summed E-state index contributed by atoms with van der Waals surface area (Å²) in [4.78, 5) is 3.49. The monoisotopic (exact) mass is 291 g/mol. The zero-order valence-corrected chi connectivity index (χ0v) is 10.9. The molecule has 6 heteroatoms. The Morgan fingerprint density at radius 3 is 2.43 bits per heavy atom. The van der Waals surface area contributed by atoms with Crippen LogP contribution in [0.4, 0.5) is 13.2 Å². The lowest BCUT2D eigenvalue weighted by Crippen LogP contribution is -2.15. The number of nitrogens with zero attached hydrogens (tertiary/aromatic N) is 2. The number of benzene rings is 1. The summed E-state index contributed by atoms with van der Waals surface area (Å²) in [5, 5.41) is 4.20. The summed E-state index contributed by atoms with van der Waals surface area (Å²) in [5.74, 6) is 0.0183. The van der Waals surface area contributed by atoms with E-state index in [1.165, 1.54) is 12.3 Å². The quantitative estimate of drug-likeness (QED) is 0.922. The van der Waals surface area contributed by atoms with Gasteiger partial charge in [-0.2, -0.15) is 18.3 Å². The van der Waals surface area contributed by atoms with Crippen molar-refractivity contribution in [1.82, 2.24) is 10.4 Å². The molecule has 1 N–H and O–H groups in total. The molecule has 2 aromatic rings. The Hall–Kier alpha value is -2.37. The topological polar surface area (TPSA) is 37.3 Å². The predicted molar refractivity (Wildman–Crippen MR) is 73.0 cm³/mol. The third kappa shape index (κ3) is 2.74. The molecule has 0 amide bonds. The smallest absolute Gasteiger partial charge is 0.309 e. The van der Waals surface area contributed by atoms with Gasteiger partial charge >= 0.3 is 6.18 Å². The van der Waals surface area contributed by atoms with E-state index in [4.69, 9.17) is 0 Å². The number of pyridine rings is 1. The van der Waals surface area contributed by atoms with Crippen LogP contribution in [0.1, 0.15) is 22.7 Å². The van der Waals surface area contributed by atoms with Crippen LogP contribution in [-0.4, -0.2) is 17.2 Å². The minimum absolute atomic E-state index is 0.0183. The van der Waals surface area contributed by atoms with Crippen LogP contribution in [-0.2, 0) is 6.18 Å². The Labute approximate surface area is 119 Å².